The smallest absolute Gasteiger partial charge is 0.294 e. The highest BCUT2D eigenvalue weighted by Gasteiger charge is 2.44. The number of carbonyl (C=O) groups is 2. The third kappa shape index (κ3) is 3.28. The molecule has 3 heterocycles. The van der Waals surface area contributed by atoms with Gasteiger partial charge < -0.3 is 14.8 Å². The van der Waals surface area contributed by atoms with Crippen molar-refractivity contribution in [3.63, 3.8) is 0 Å². The van der Waals surface area contributed by atoms with E-state index in [0.29, 0.717) is 17.2 Å². The number of anilines is 2. The van der Waals surface area contributed by atoms with E-state index >= 15 is 0 Å². The molecule has 7 nitrogen and oxygen atoms in total. The molecule has 0 bridgehead atoms. The first-order valence-electron chi connectivity index (χ1n) is 10.1. The number of pyridine rings is 1. The van der Waals surface area contributed by atoms with Crippen LogP contribution >= 0.6 is 0 Å². The van der Waals surface area contributed by atoms with Crippen LogP contribution in [-0.2, 0) is 16.1 Å². The Labute approximate surface area is 179 Å². The summed E-state index contributed by atoms with van der Waals surface area (Å²) in [7, 11) is 0. The minimum Gasteiger partial charge on any atom is -0.454 e. The predicted molar refractivity (Wildman–Crippen MR) is 114 cm³/mol. The average molecular weight is 416 g/mol. The third-order valence-electron chi connectivity index (χ3n) is 5.70. The normalized spacial score (nSPS) is 16.8. The number of rotatable bonds is 3. The summed E-state index contributed by atoms with van der Waals surface area (Å²) in [5.41, 5.74) is 4.02. The lowest BCUT2D eigenvalue weighted by molar-refractivity contribution is -0.695. The number of para-hydroxylation sites is 1. The van der Waals surface area contributed by atoms with Gasteiger partial charge >= 0.3 is 0 Å². The van der Waals surface area contributed by atoms with Gasteiger partial charge in [-0.1, -0.05) is 24.3 Å². The summed E-state index contributed by atoms with van der Waals surface area (Å²) in [6, 6.07) is 15.9. The minimum absolute atomic E-state index is 0.141. The molecule has 0 spiro atoms. The highest BCUT2D eigenvalue weighted by molar-refractivity contribution is 6.06. The summed E-state index contributed by atoms with van der Waals surface area (Å²) in [6.07, 6.45) is 1.82. The van der Waals surface area contributed by atoms with Gasteiger partial charge in [-0.25, -0.2) is 0 Å². The maximum atomic E-state index is 13.6. The number of carbonyl (C=O) groups excluding carboxylic acids is 2. The Kier molecular flexibility index (Phi) is 4.58. The van der Waals surface area contributed by atoms with Gasteiger partial charge in [0.1, 0.15) is 0 Å². The van der Waals surface area contributed by atoms with Gasteiger partial charge in [0.05, 0.1) is 0 Å². The largest absolute Gasteiger partial charge is 0.454 e. The number of hydrogen-bond donors (Lipinski definition) is 1. The van der Waals surface area contributed by atoms with Gasteiger partial charge in [0.15, 0.2) is 17.7 Å². The monoisotopic (exact) mass is 416 g/mol. The second-order valence-corrected chi connectivity index (χ2v) is 7.71. The van der Waals surface area contributed by atoms with Crippen molar-refractivity contribution in [2.24, 2.45) is 0 Å². The fourth-order valence-electron chi connectivity index (χ4n) is 4.16. The molecule has 0 saturated heterocycles. The number of fused-ring (bicyclic) bond motifs is 2. The van der Waals surface area contributed by atoms with Gasteiger partial charge in [0.2, 0.25) is 25.1 Å². The molecule has 1 atom stereocenters. The summed E-state index contributed by atoms with van der Waals surface area (Å²) >= 11 is 0. The summed E-state index contributed by atoms with van der Waals surface area (Å²) in [6.45, 7) is 4.19. The van der Waals surface area contributed by atoms with Crippen LogP contribution in [0, 0.1) is 13.8 Å². The number of aryl methyl sites for hydroxylation is 2. The lowest BCUT2D eigenvalue weighted by atomic mass is 10.0. The molecular formula is C24H22N3O4+. The van der Waals surface area contributed by atoms with Crippen LogP contribution in [0.5, 0.6) is 11.5 Å². The first-order valence-corrected chi connectivity index (χ1v) is 10.1. The van der Waals surface area contributed by atoms with Crippen molar-refractivity contribution >= 4 is 23.2 Å². The van der Waals surface area contributed by atoms with Gasteiger partial charge in [0, 0.05) is 29.6 Å². The zero-order valence-electron chi connectivity index (χ0n) is 17.3. The number of nitrogens with zero attached hydrogens (tertiary/aromatic N) is 2. The van der Waals surface area contributed by atoms with E-state index in [1.165, 1.54) is 0 Å². The Morgan fingerprint density at radius 1 is 1.03 bits per heavy atom. The minimum atomic E-state index is -0.832. The molecule has 0 radical (unpaired) electrons. The molecule has 156 valence electrons. The second-order valence-electron chi connectivity index (χ2n) is 7.71. The summed E-state index contributed by atoms with van der Waals surface area (Å²) < 4.78 is 12.7. The van der Waals surface area contributed by atoms with Crippen molar-refractivity contribution in [2.45, 2.75) is 26.4 Å². The van der Waals surface area contributed by atoms with E-state index in [2.05, 4.69) is 5.32 Å². The molecule has 0 aliphatic carbocycles. The molecule has 1 N–H and O–H groups in total. The molecule has 1 aromatic heterocycles. The van der Waals surface area contributed by atoms with Crippen LogP contribution in [0.1, 0.15) is 22.9 Å². The molecular weight excluding hydrogens is 394 g/mol. The molecule has 0 unspecified atom stereocenters. The van der Waals surface area contributed by atoms with Crippen molar-refractivity contribution in [1.29, 1.82) is 0 Å². The van der Waals surface area contributed by atoms with Crippen molar-refractivity contribution < 1.29 is 23.6 Å². The lowest BCUT2D eigenvalue weighted by Gasteiger charge is -2.32. The quantitative estimate of drug-likeness (QED) is 0.667. The molecule has 2 aromatic carbocycles. The number of aromatic nitrogens is 1. The van der Waals surface area contributed by atoms with E-state index in [0.717, 1.165) is 22.5 Å². The van der Waals surface area contributed by atoms with Crippen LogP contribution in [0.3, 0.4) is 0 Å². The second kappa shape index (κ2) is 7.43. The van der Waals surface area contributed by atoms with Gasteiger partial charge in [-0.2, -0.15) is 4.57 Å². The van der Waals surface area contributed by atoms with Crippen molar-refractivity contribution in [2.75, 3.05) is 17.0 Å². The van der Waals surface area contributed by atoms with E-state index in [1.54, 1.807) is 23.1 Å². The standard InChI is InChI=1S/C24H21N3O4/c1-15-6-5-7-16(2)22(15)25-24(29)23-18-8-3-4-11-26(18)13-21(28)27(23)17-9-10-19-20(12-17)31-14-30-19/h3-12,23H,13-14H2,1-2H3/p+1/t23-/m1/s1. The van der Waals surface area contributed by atoms with Crippen LogP contribution in [0.2, 0.25) is 0 Å². The maximum absolute atomic E-state index is 13.6. The Morgan fingerprint density at radius 2 is 1.81 bits per heavy atom. The van der Waals surface area contributed by atoms with Crippen molar-refractivity contribution in [3.8, 4) is 11.5 Å². The third-order valence-corrected chi connectivity index (χ3v) is 5.70. The number of hydrogen-bond acceptors (Lipinski definition) is 4. The summed E-state index contributed by atoms with van der Waals surface area (Å²) in [5.74, 6) is 0.734. The zero-order chi connectivity index (χ0) is 21.5. The van der Waals surface area contributed by atoms with E-state index < -0.39 is 6.04 Å². The van der Waals surface area contributed by atoms with Crippen molar-refractivity contribution in [3.05, 3.63) is 77.6 Å². The molecule has 0 fully saturated rings. The maximum Gasteiger partial charge on any atom is 0.294 e. The van der Waals surface area contributed by atoms with Gasteiger partial charge in [-0.15, -0.1) is 0 Å². The van der Waals surface area contributed by atoms with E-state index in [4.69, 9.17) is 9.47 Å². The molecule has 2 aliphatic rings. The van der Waals surface area contributed by atoms with Gasteiger partial charge in [-0.3, -0.25) is 14.5 Å². The topological polar surface area (TPSA) is 71.8 Å². The summed E-state index contributed by atoms with van der Waals surface area (Å²) in [4.78, 5) is 28.4. The SMILES string of the molecule is Cc1cccc(C)c1NC(=O)[C@H]1c2cccc[n+]2CC(=O)N1c1ccc2c(c1)OCO2. The van der Waals surface area contributed by atoms with Crippen LogP contribution in [0.4, 0.5) is 11.4 Å². The van der Waals surface area contributed by atoms with E-state index in [1.807, 2.05) is 61.0 Å². The lowest BCUT2D eigenvalue weighted by Crippen LogP contribution is -2.58. The molecule has 2 amide bonds. The molecule has 5 rings (SSSR count). The average Bonchev–Trinajstić information content (AvgIpc) is 3.23. The van der Waals surface area contributed by atoms with Crippen LogP contribution < -0.4 is 24.3 Å². The molecule has 3 aromatic rings. The number of nitrogens with one attached hydrogen (secondary N) is 1. The summed E-state index contributed by atoms with van der Waals surface area (Å²) in [5, 5.41) is 3.06. The number of ether oxygens (including phenoxy) is 2. The van der Waals surface area contributed by atoms with Gasteiger partial charge in [-0.05, 0) is 37.1 Å². The Morgan fingerprint density at radius 3 is 2.61 bits per heavy atom. The van der Waals surface area contributed by atoms with Crippen LogP contribution in [-0.4, -0.2) is 18.6 Å². The van der Waals surface area contributed by atoms with Gasteiger partial charge in [0.25, 0.3) is 11.8 Å². The molecule has 31 heavy (non-hydrogen) atoms. The highest BCUT2D eigenvalue weighted by atomic mass is 16.7. The number of benzene rings is 2. The van der Waals surface area contributed by atoms with Crippen LogP contribution in [0.15, 0.2) is 60.8 Å². The van der Waals surface area contributed by atoms with E-state index in [9.17, 15) is 9.59 Å². The Hall–Kier alpha value is -3.87. The number of amides is 2. The Balaban J connectivity index is 1.59. The highest BCUT2D eigenvalue weighted by Crippen LogP contribution is 2.38. The van der Waals surface area contributed by atoms with Crippen molar-refractivity contribution in [1.82, 2.24) is 0 Å². The van der Waals surface area contributed by atoms with E-state index in [-0.39, 0.29) is 25.2 Å². The first-order chi connectivity index (χ1) is 15.0. The molecule has 2 aliphatic heterocycles. The fourth-order valence-corrected chi connectivity index (χ4v) is 4.16. The molecule has 7 heteroatoms. The fraction of sp³-hybridized carbons (Fsp3) is 0.208. The first kappa shape index (κ1) is 19.1. The predicted octanol–water partition coefficient (Wildman–Crippen LogP) is 3.05. The Bertz CT molecular complexity index is 1190. The molecule has 0 saturated carbocycles. The zero-order valence-corrected chi connectivity index (χ0v) is 17.3. The van der Waals surface area contributed by atoms with Crippen LogP contribution in [0.25, 0.3) is 0 Å².